The minimum Gasteiger partial charge on any atom is -0.477 e. The summed E-state index contributed by atoms with van der Waals surface area (Å²) in [6.45, 7) is 0. The van der Waals surface area contributed by atoms with Gasteiger partial charge in [-0.2, -0.15) is 18.3 Å². The Hall–Kier alpha value is -2.12. The number of alkyl halides is 3. The number of fused-ring (bicyclic) bond motifs is 1. The molecule has 84 valence electrons. The van der Waals surface area contributed by atoms with Gasteiger partial charge in [0.15, 0.2) is 11.3 Å². The van der Waals surface area contributed by atoms with Crippen molar-refractivity contribution in [2.75, 3.05) is 0 Å². The fraction of sp³-hybridized carbons (Fsp3) is 0.125. The summed E-state index contributed by atoms with van der Waals surface area (Å²) in [7, 11) is 0. The van der Waals surface area contributed by atoms with E-state index < -0.39 is 23.5 Å². The van der Waals surface area contributed by atoms with Crippen LogP contribution in [0.2, 0.25) is 0 Å². The van der Waals surface area contributed by atoms with E-state index in [9.17, 15) is 18.0 Å². The van der Waals surface area contributed by atoms with Crippen molar-refractivity contribution in [3.63, 3.8) is 0 Å². The van der Waals surface area contributed by atoms with Gasteiger partial charge in [0.1, 0.15) is 5.69 Å². The smallest absolute Gasteiger partial charge is 0.433 e. The van der Waals surface area contributed by atoms with Crippen molar-refractivity contribution in [2.45, 2.75) is 6.18 Å². The average molecular weight is 231 g/mol. The molecular formula is C8H4F3N3O2. The van der Waals surface area contributed by atoms with Gasteiger partial charge in [-0.05, 0) is 0 Å². The maximum Gasteiger partial charge on any atom is 0.433 e. The van der Waals surface area contributed by atoms with Crippen molar-refractivity contribution in [2.24, 2.45) is 0 Å². The predicted molar refractivity (Wildman–Crippen MR) is 44.9 cm³/mol. The molecule has 0 saturated carbocycles. The van der Waals surface area contributed by atoms with Crippen LogP contribution in [0.15, 0.2) is 18.3 Å². The van der Waals surface area contributed by atoms with Gasteiger partial charge in [-0.15, -0.1) is 0 Å². The van der Waals surface area contributed by atoms with Crippen LogP contribution < -0.4 is 0 Å². The molecule has 0 spiro atoms. The third kappa shape index (κ3) is 1.58. The lowest BCUT2D eigenvalue weighted by molar-refractivity contribution is -0.141. The van der Waals surface area contributed by atoms with Gasteiger partial charge in [0.05, 0.1) is 6.20 Å². The molecule has 5 nitrogen and oxygen atoms in total. The van der Waals surface area contributed by atoms with Crippen molar-refractivity contribution >= 4 is 11.6 Å². The second kappa shape index (κ2) is 3.19. The molecule has 0 atom stereocenters. The summed E-state index contributed by atoms with van der Waals surface area (Å²) in [5, 5.41) is 12.3. The van der Waals surface area contributed by atoms with Crippen molar-refractivity contribution in [3.05, 3.63) is 29.7 Å². The van der Waals surface area contributed by atoms with Crippen molar-refractivity contribution in [1.82, 2.24) is 14.6 Å². The van der Waals surface area contributed by atoms with Crippen LogP contribution in [0, 0.1) is 0 Å². The molecule has 0 unspecified atom stereocenters. The molecule has 0 fully saturated rings. The number of aromatic nitrogens is 3. The quantitative estimate of drug-likeness (QED) is 0.806. The van der Waals surface area contributed by atoms with E-state index >= 15 is 0 Å². The van der Waals surface area contributed by atoms with Crippen LogP contribution in [0.4, 0.5) is 13.2 Å². The van der Waals surface area contributed by atoms with E-state index in [0.29, 0.717) is 6.07 Å². The summed E-state index contributed by atoms with van der Waals surface area (Å²) in [6, 6.07) is 1.64. The van der Waals surface area contributed by atoms with Crippen LogP contribution in [-0.4, -0.2) is 25.7 Å². The predicted octanol–water partition coefficient (Wildman–Crippen LogP) is 1.45. The van der Waals surface area contributed by atoms with Gasteiger partial charge < -0.3 is 5.11 Å². The molecule has 0 amide bonds. The first-order valence-electron chi connectivity index (χ1n) is 4.05. The summed E-state index contributed by atoms with van der Waals surface area (Å²) in [6.07, 6.45) is -3.51. The molecule has 2 aromatic rings. The Kier molecular flexibility index (Phi) is 2.07. The highest BCUT2D eigenvalue weighted by atomic mass is 19.4. The SMILES string of the molecule is O=C(O)c1cc(C(F)(F)F)nc2ccnn12. The standard InChI is InChI=1S/C8H4F3N3O2/c9-8(10,11)5-3-4(7(15)16)14-6(13-5)1-2-12-14/h1-3H,(H,15,16). The minimum atomic E-state index is -4.68. The number of hydrogen-bond acceptors (Lipinski definition) is 3. The molecule has 0 aliphatic rings. The van der Waals surface area contributed by atoms with E-state index in [1.807, 2.05) is 0 Å². The molecule has 2 heterocycles. The molecule has 1 N–H and O–H groups in total. The molecule has 0 aliphatic carbocycles. The van der Waals surface area contributed by atoms with Crippen molar-refractivity contribution < 1.29 is 23.1 Å². The highest BCUT2D eigenvalue weighted by Crippen LogP contribution is 2.28. The Morgan fingerprint density at radius 3 is 2.69 bits per heavy atom. The van der Waals surface area contributed by atoms with Crippen LogP contribution in [0.25, 0.3) is 5.65 Å². The molecule has 2 aromatic heterocycles. The van der Waals surface area contributed by atoms with E-state index in [4.69, 9.17) is 5.11 Å². The minimum absolute atomic E-state index is 0.160. The summed E-state index contributed by atoms with van der Waals surface area (Å²) in [5.74, 6) is -1.50. The number of hydrogen-bond donors (Lipinski definition) is 1. The largest absolute Gasteiger partial charge is 0.477 e. The van der Waals surface area contributed by atoms with Gasteiger partial charge in [-0.3, -0.25) is 0 Å². The van der Waals surface area contributed by atoms with Crippen molar-refractivity contribution in [3.8, 4) is 0 Å². The van der Waals surface area contributed by atoms with Crippen LogP contribution in [-0.2, 0) is 6.18 Å². The Balaban J connectivity index is 2.76. The van der Waals surface area contributed by atoms with Gasteiger partial charge in [-0.25, -0.2) is 14.3 Å². The third-order valence-corrected chi connectivity index (χ3v) is 1.87. The first kappa shape index (κ1) is 10.4. The topological polar surface area (TPSA) is 67.5 Å². The average Bonchev–Trinajstić information content (AvgIpc) is 2.61. The lowest BCUT2D eigenvalue weighted by Crippen LogP contribution is -2.14. The zero-order valence-corrected chi connectivity index (χ0v) is 7.56. The van der Waals surface area contributed by atoms with E-state index in [-0.39, 0.29) is 5.65 Å². The van der Waals surface area contributed by atoms with E-state index in [1.54, 1.807) is 0 Å². The Bertz CT molecular complexity index is 561. The van der Waals surface area contributed by atoms with Crippen LogP contribution in [0.5, 0.6) is 0 Å². The van der Waals surface area contributed by atoms with Crippen LogP contribution in [0.1, 0.15) is 16.2 Å². The van der Waals surface area contributed by atoms with Gasteiger partial charge in [-0.1, -0.05) is 0 Å². The van der Waals surface area contributed by atoms with Crippen molar-refractivity contribution in [1.29, 1.82) is 0 Å². The Morgan fingerprint density at radius 1 is 1.44 bits per heavy atom. The molecule has 0 bridgehead atoms. The second-order valence-electron chi connectivity index (χ2n) is 2.93. The molecule has 16 heavy (non-hydrogen) atoms. The summed E-state index contributed by atoms with van der Waals surface area (Å²) in [4.78, 5) is 14.0. The number of nitrogens with zero attached hydrogens (tertiary/aromatic N) is 3. The molecule has 0 aromatic carbocycles. The van der Waals surface area contributed by atoms with Gasteiger partial charge in [0, 0.05) is 12.1 Å². The maximum absolute atomic E-state index is 12.4. The molecule has 2 rings (SSSR count). The molecule has 0 aliphatic heterocycles. The normalized spacial score (nSPS) is 11.9. The number of halogens is 3. The molecule has 8 heteroatoms. The van der Waals surface area contributed by atoms with Crippen LogP contribution in [0.3, 0.4) is 0 Å². The van der Waals surface area contributed by atoms with E-state index in [1.165, 1.54) is 12.3 Å². The second-order valence-corrected chi connectivity index (χ2v) is 2.93. The van der Waals surface area contributed by atoms with E-state index in [0.717, 1.165) is 4.52 Å². The summed E-state index contributed by atoms with van der Waals surface area (Å²) >= 11 is 0. The number of rotatable bonds is 1. The molecular weight excluding hydrogens is 227 g/mol. The van der Waals surface area contributed by atoms with Gasteiger partial charge >= 0.3 is 12.1 Å². The fourth-order valence-electron chi connectivity index (χ4n) is 1.21. The molecule has 0 saturated heterocycles. The zero-order valence-electron chi connectivity index (χ0n) is 7.56. The highest BCUT2D eigenvalue weighted by Gasteiger charge is 2.34. The summed E-state index contributed by atoms with van der Waals surface area (Å²) in [5.41, 5.74) is -1.99. The fourth-order valence-corrected chi connectivity index (χ4v) is 1.21. The summed E-state index contributed by atoms with van der Waals surface area (Å²) < 4.78 is 38.0. The Morgan fingerprint density at radius 2 is 2.12 bits per heavy atom. The van der Waals surface area contributed by atoms with E-state index in [2.05, 4.69) is 10.1 Å². The Labute approximate surface area is 86.1 Å². The van der Waals surface area contributed by atoms with Crippen LogP contribution >= 0.6 is 0 Å². The maximum atomic E-state index is 12.4. The third-order valence-electron chi connectivity index (χ3n) is 1.87. The van der Waals surface area contributed by atoms with Gasteiger partial charge in [0.25, 0.3) is 0 Å². The van der Waals surface area contributed by atoms with Gasteiger partial charge in [0.2, 0.25) is 0 Å². The number of aromatic carboxylic acids is 1. The monoisotopic (exact) mass is 231 g/mol. The lowest BCUT2D eigenvalue weighted by Gasteiger charge is -2.07. The first-order chi connectivity index (χ1) is 7.39. The zero-order chi connectivity index (χ0) is 11.9. The number of carboxylic acids is 1. The number of carboxylic acid groups (broad SMARTS) is 1. The molecule has 0 radical (unpaired) electrons. The lowest BCUT2D eigenvalue weighted by atomic mass is 10.3. The highest BCUT2D eigenvalue weighted by molar-refractivity contribution is 5.86. The number of carbonyl (C=O) groups is 1. The first-order valence-corrected chi connectivity index (χ1v) is 4.05.